The van der Waals surface area contributed by atoms with Crippen LogP contribution in [0.5, 0.6) is 0 Å². The van der Waals surface area contributed by atoms with E-state index in [-0.39, 0.29) is 5.50 Å². The molecule has 0 aromatic heterocycles. The minimum Gasteiger partial charge on any atom is -0.378 e. The number of anilines is 2. The Bertz CT molecular complexity index is 443. The molecule has 2 heterocycles. The first-order chi connectivity index (χ1) is 8.34. The molecule has 0 unspecified atom stereocenters. The molecule has 0 spiro atoms. The van der Waals surface area contributed by atoms with Crippen molar-refractivity contribution in [2.45, 2.75) is 5.50 Å². The molecule has 2 aliphatic heterocycles. The van der Waals surface area contributed by atoms with Crippen molar-refractivity contribution in [2.24, 2.45) is 4.99 Å². The maximum absolute atomic E-state index is 6.11. The Balaban J connectivity index is 1.88. The second-order valence-electron chi connectivity index (χ2n) is 4.13. The molecule has 1 atom stereocenters. The Morgan fingerprint density at radius 3 is 3.00 bits per heavy atom. The third-order valence-electron chi connectivity index (χ3n) is 3.10. The summed E-state index contributed by atoms with van der Waals surface area (Å²) >= 11 is 6.11. The number of fused-ring (bicyclic) bond motifs is 1. The lowest BCUT2D eigenvalue weighted by Crippen LogP contribution is -2.36. The van der Waals surface area contributed by atoms with Crippen LogP contribution >= 0.6 is 11.6 Å². The van der Waals surface area contributed by atoms with Crippen LogP contribution in [0.3, 0.4) is 0 Å². The molecule has 0 radical (unpaired) electrons. The van der Waals surface area contributed by atoms with Crippen LogP contribution in [0.25, 0.3) is 0 Å². The third-order valence-corrected chi connectivity index (χ3v) is 3.44. The lowest BCUT2D eigenvalue weighted by molar-refractivity contribution is 0.122. The minimum absolute atomic E-state index is 0.273. The molecular weight excluding hydrogens is 238 g/mol. The molecule has 90 valence electrons. The predicted octanol–water partition coefficient (Wildman–Crippen LogP) is 2.21. The van der Waals surface area contributed by atoms with E-state index in [1.54, 1.807) is 6.34 Å². The van der Waals surface area contributed by atoms with Gasteiger partial charge in [-0.3, -0.25) is 4.99 Å². The largest absolute Gasteiger partial charge is 0.378 e. The molecule has 1 saturated heterocycles. The fourth-order valence-corrected chi connectivity index (χ4v) is 2.39. The summed E-state index contributed by atoms with van der Waals surface area (Å²) in [6.07, 6.45) is 1.66. The summed E-state index contributed by atoms with van der Waals surface area (Å²) in [5.74, 6) is 0. The Labute approximate surface area is 105 Å². The number of rotatable bonds is 1. The van der Waals surface area contributed by atoms with Crippen LogP contribution in [0.15, 0.2) is 23.2 Å². The number of benzene rings is 1. The molecule has 5 heteroatoms. The maximum atomic E-state index is 6.11. The van der Waals surface area contributed by atoms with Crippen molar-refractivity contribution in [3.63, 3.8) is 0 Å². The molecule has 4 nitrogen and oxygen atoms in total. The van der Waals surface area contributed by atoms with E-state index in [0.29, 0.717) is 0 Å². The van der Waals surface area contributed by atoms with Gasteiger partial charge in [0.1, 0.15) is 0 Å². The summed E-state index contributed by atoms with van der Waals surface area (Å²) in [4.78, 5) is 6.43. The molecule has 17 heavy (non-hydrogen) atoms. The topological polar surface area (TPSA) is 36.9 Å². The van der Waals surface area contributed by atoms with Gasteiger partial charge in [0.25, 0.3) is 0 Å². The van der Waals surface area contributed by atoms with Crippen molar-refractivity contribution in [3.8, 4) is 0 Å². The molecule has 0 aliphatic carbocycles. The number of aliphatic imine (C=N–C) groups is 1. The van der Waals surface area contributed by atoms with Crippen molar-refractivity contribution >= 4 is 29.3 Å². The standard InChI is InChI=1S/C12H14ClN3O/c13-12-10-2-1-9(7-11(10)14-8-15-12)16-3-5-17-6-4-16/h1-2,7-8,12H,3-6H2,(H,14,15)/t12-/m0/s1. The Kier molecular flexibility index (Phi) is 2.91. The highest BCUT2D eigenvalue weighted by atomic mass is 35.5. The summed E-state index contributed by atoms with van der Waals surface area (Å²) in [7, 11) is 0. The van der Waals surface area contributed by atoms with E-state index in [0.717, 1.165) is 37.6 Å². The number of morpholine rings is 1. The van der Waals surface area contributed by atoms with Gasteiger partial charge >= 0.3 is 0 Å². The van der Waals surface area contributed by atoms with E-state index in [2.05, 4.69) is 27.3 Å². The lowest BCUT2D eigenvalue weighted by atomic mass is 10.1. The zero-order valence-corrected chi connectivity index (χ0v) is 10.2. The first kappa shape index (κ1) is 10.9. The molecule has 1 aromatic carbocycles. The van der Waals surface area contributed by atoms with Crippen LogP contribution < -0.4 is 10.2 Å². The van der Waals surface area contributed by atoms with Gasteiger partial charge in [0.2, 0.25) is 0 Å². The number of hydrogen-bond acceptors (Lipinski definition) is 4. The van der Waals surface area contributed by atoms with Crippen LogP contribution in [0.4, 0.5) is 11.4 Å². The van der Waals surface area contributed by atoms with E-state index in [1.807, 2.05) is 6.07 Å². The van der Waals surface area contributed by atoms with Crippen LogP contribution in [0, 0.1) is 0 Å². The third kappa shape index (κ3) is 2.10. The summed E-state index contributed by atoms with van der Waals surface area (Å²) < 4.78 is 5.35. The quantitative estimate of drug-likeness (QED) is 0.614. The van der Waals surface area contributed by atoms with Gasteiger partial charge < -0.3 is 15.0 Å². The van der Waals surface area contributed by atoms with E-state index < -0.39 is 0 Å². The highest BCUT2D eigenvalue weighted by Gasteiger charge is 2.17. The second kappa shape index (κ2) is 4.55. The van der Waals surface area contributed by atoms with Crippen molar-refractivity contribution < 1.29 is 4.74 Å². The van der Waals surface area contributed by atoms with E-state index in [9.17, 15) is 0 Å². The molecule has 3 rings (SSSR count). The highest BCUT2D eigenvalue weighted by molar-refractivity contribution is 6.22. The zero-order chi connectivity index (χ0) is 11.7. The molecule has 0 bridgehead atoms. The molecular formula is C12H14ClN3O. The molecule has 1 aromatic rings. The van der Waals surface area contributed by atoms with Gasteiger partial charge in [0, 0.05) is 30.0 Å². The van der Waals surface area contributed by atoms with Crippen molar-refractivity contribution in [2.75, 3.05) is 36.5 Å². The highest BCUT2D eigenvalue weighted by Crippen LogP contribution is 2.34. The van der Waals surface area contributed by atoms with Gasteiger partial charge in [-0.05, 0) is 12.1 Å². The Morgan fingerprint density at radius 1 is 1.35 bits per heavy atom. The zero-order valence-electron chi connectivity index (χ0n) is 9.40. The Hall–Kier alpha value is -1.26. The predicted molar refractivity (Wildman–Crippen MR) is 70.2 cm³/mol. The summed E-state index contributed by atoms with van der Waals surface area (Å²) in [5.41, 5.74) is 3.01. The number of alkyl halides is 1. The van der Waals surface area contributed by atoms with E-state index in [4.69, 9.17) is 16.3 Å². The van der Waals surface area contributed by atoms with Crippen LogP contribution in [0.1, 0.15) is 11.1 Å². The molecule has 1 fully saturated rings. The fourth-order valence-electron chi connectivity index (χ4n) is 2.15. The monoisotopic (exact) mass is 251 g/mol. The molecule has 2 aliphatic rings. The Morgan fingerprint density at radius 2 is 2.18 bits per heavy atom. The second-order valence-corrected chi connectivity index (χ2v) is 4.54. The first-order valence-electron chi connectivity index (χ1n) is 5.73. The maximum Gasteiger partial charge on any atom is 0.152 e. The summed E-state index contributed by atoms with van der Waals surface area (Å²) in [5, 5.41) is 3.14. The van der Waals surface area contributed by atoms with Gasteiger partial charge in [-0.15, -0.1) is 0 Å². The normalized spacial score (nSPS) is 23.1. The van der Waals surface area contributed by atoms with Gasteiger partial charge in [-0.2, -0.15) is 0 Å². The number of nitrogens with zero attached hydrogens (tertiary/aromatic N) is 2. The number of hydrogen-bond donors (Lipinski definition) is 1. The van der Waals surface area contributed by atoms with Crippen LogP contribution in [-0.2, 0) is 4.74 Å². The number of halogens is 1. The van der Waals surface area contributed by atoms with Gasteiger partial charge in [0.05, 0.1) is 19.6 Å². The van der Waals surface area contributed by atoms with E-state index >= 15 is 0 Å². The SMILES string of the molecule is Cl[C@H]1N=CNc2cc(N3CCOCC3)ccc21. The smallest absolute Gasteiger partial charge is 0.152 e. The van der Waals surface area contributed by atoms with Crippen LogP contribution in [-0.4, -0.2) is 32.6 Å². The molecule has 0 amide bonds. The first-order valence-corrected chi connectivity index (χ1v) is 6.17. The fraction of sp³-hybridized carbons (Fsp3) is 0.417. The minimum atomic E-state index is -0.273. The average Bonchev–Trinajstić information content (AvgIpc) is 2.40. The lowest BCUT2D eigenvalue weighted by Gasteiger charge is -2.30. The van der Waals surface area contributed by atoms with Crippen LogP contribution in [0.2, 0.25) is 0 Å². The van der Waals surface area contributed by atoms with Crippen molar-refractivity contribution in [1.29, 1.82) is 0 Å². The van der Waals surface area contributed by atoms with Crippen molar-refractivity contribution in [1.82, 2.24) is 0 Å². The summed E-state index contributed by atoms with van der Waals surface area (Å²) in [6, 6.07) is 6.27. The van der Waals surface area contributed by atoms with Crippen molar-refractivity contribution in [3.05, 3.63) is 23.8 Å². The number of ether oxygens (including phenoxy) is 1. The molecule has 0 saturated carbocycles. The molecule has 1 N–H and O–H groups in total. The van der Waals surface area contributed by atoms with E-state index in [1.165, 1.54) is 5.69 Å². The van der Waals surface area contributed by atoms with Gasteiger partial charge in [-0.25, -0.2) is 0 Å². The number of nitrogens with one attached hydrogen (secondary N) is 1. The average molecular weight is 252 g/mol. The van der Waals surface area contributed by atoms with Gasteiger partial charge in [0.15, 0.2) is 5.50 Å². The van der Waals surface area contributed by atoms with Gasteiger partial charge in [-0.1, -0.05) is 17.7 Å². The summed E-state index contributed by atoms with van der Waals surface area (Å²) in [6.45, 7) is 3.47.